The zero-order valence-electron chi connectivity index (χ0n) is 7.76. The molecule has 0 radical (unpaired) electrons. The molecule has 0 spiro atoms. The van der Waals surface area contributed by atoms with Crippen molar-refractivity contribution < 1.29 is 4.79 Å². The molecule has 0 aromatic rings. The third-order valence-electron chi connectivity index (χ3n) is 2.07. The van der Waals surface area contributed by atoms with E-state index in [0.29, 0.717) is 6.04 Å². The molecule has 1 atom stereocenters. The Kier molecular flexibility index (Phi) is 3.34. The fourth-order valence-electron chi connectivity index (χ4n) is 1.30. The molecule has 1 saturated heterocycles. The van der Waals surface area contributed by atoms with Gasteiger partial charge in [-0.05, 0) is 19.4 Å². The van der Waals surface area contributed by atoms with Crippen molar-refractivity contribution in [1.29, 1.82) is 0 Å². The molecular weight excluding hydrogens is 154 g/mol. The lowest BCUT2D eigenvalue weighted by Gasteiger charge is -2.15. The van der Waals surface area contributed by atoms with Gasteiger partial charge in [-0.25, -0.2) is 4.79 Å². The quantitative estimate of drug-likeness (QED) is 0.614. The highest BCUT2D eigenvalue weighted by Crippen LogP contribution is 2.02. The molecule has 1 unspecified atom stereocenters. The smallest absolute Gasteiger partial charge is 0.316 e. The number of urea groups is 1. The van der Waals surface area contributed by atoms with Gasteiger partial charge in [0.2, 0.25) is 0 Å². The number of nitrogens with one attached hydrogen (secondary N) is 2. The third kappa shape index (κ3) is 2.70. The maximum atomic E-state index is 11.1. The predicted octanol–water partition coefficient (Wildman–Crippen LogP) is 0.00960. The van der Waals surface area contributed by atoms with Crippen molar-refractivity contribution in [2.45, 2.75) is 18.9 Å². The first-order valence-corrected chi connectivity index (χ1v) is 4.38. The summed E-state index contributed by atoms with van der Waals surface area (Å²) in [6.45, 7) is 1.83. The fraction of sp³-hybridized carbons (Fsp3) is 0.875. The Morgan fingerprint density at radius 3 is 2.92 bits per heavy atom. The summed E-state index contributed by atoms with van der Waals surface area (Å²) in [6, 6.07) is 0.470. The van der Waals surface area contributed by atoms with Crippen LogP contribution >= 0.6 is 0 Å². The van der Waals surface area contributed by atoms with Crippen molar-refractivity contribution in [1.82, 2.24) is 15.5 Å². The zero-order valence-corrected chi connectivity index (χ0v) is 7.76. The maximum Gasteiger partial charge on any atom is 0.316 e. The molecule has 1 rings (SSSR count). The van der Waals surface area contributed by atoms with Gasteiger partial charge in [-0.2, -0.15) is 0 Å². The summed E-state index contributed by atoms with van der Waals surface area (Å²) in [5, 5.41) is 6.17. The number of hydrogen-bond acceptors (Lipinski definition) is 2. The Morgan fingerprint density at radius 1 is 1.67 bits per heavy atom. The number of hydrogen-bond donors (Lipinski definition) is 2. The lowest BCUT2D eigenvalue weighted by molar-refractivity contribution is 0.216. The van der Waals surface area contributed by atoms with E-state index in [9.17, 15) is 4.79 Å². The molecule has 2 N–H and O–H groups in total. The maximum absolute atomic E-state index is 11.1. The zero-order chi connectivity index (χ0) is 8.97. The number of carbonyl (C=O) groups excluding carboxylic acids is 1. The highest BCUT2D eigenvalue weighted by molar-refractivity contribution is 5.73. The van der Waals surface area contributed by atoms with E-state index in [4.69, 9.17) is 0 Å². The number of carbonyl (C=O) groups is 1. The van der Waals surface area contributed by atoms with E-state index in [1.807, 2.05) is 0 Å². The van der Waals surface area contributed by atoms with Crippen LogP contribution < -0.4 is 10.6 Å². The van der Waals surface area contributed by atoms with E-state index in [1.165, 1.54) is 12.8 Å². The Labute approximate surface area is 73.3 Å². The van der Waals surface area contributed by atoms with Crippen molar-refractivity contribution in [3.63, 3.8) is 0 Å². The highest BCUT2D eigenvalue weighted by Gasteiger charge is 2.14. The Balaban J connectivity index is 2.12. The molecule has 0 saturated carbocycles. The van der Waals surface area contributed by atoms with Gasteiger partial charge in [-0.15, -0.1) is 0 Å². The Bertz CT molecular complexity index is 152. The van der Waals surface area contributed by atoms with Crippen LogP contribution in [0.25, 0.3) is 0 Å². The summed E-state index contributed by atoms with van der Waals surface area (Å²) in [5.74, 6) is 0. The number of amides is 2. The molecule has 0 aromatic carbocycles. The molecule has 1 aliphatic rings. The SMILES string of the molecule is CN(C)C(=O)NCC1CCCN1. The van der Waals surface area contributed by atoms with Crippen LogP contribution in [0.1, 0.15) is 12.8 Å². The molecule has 4 heteroatoms. The van der Waals surface area contributed by atoms with Crippen LogP contribution in [-0.4, -0.2) is 44.2 Å². The molecule has 4 nitrogen and oxygen atoms in total. The minimum absolute atomic E-state index is 0.0105. The van der Waals surface area contributed by atoms with Gasteiger partial charge in [0.15, 0.2) is 0 Å². The molecule has 12 heavy (non-hydrogen) atoms. The molecular formula is C8H17N3O. The highest BCUT2D eigenvalue weighted by atomic mass is 16.2. The largest absolute Gasteiger partial charge is 0.336 e. The first kappa shape index (κ1) is 9.32. The molecule has 0 aromatic heterocycles. The molecule has 1 fully saturated rings. The Morgan fingerprint density at radius 2 is 2.42 bits per heavy atom. The van der Waals surface area contributed by atoms with Crippen LogP contribution in [0.4, 0.5) is 4.79 Å². The summed E-state index contributed by atoms with van der Waals surface area (Å²) in [4.78, 5) is 12.6. The topological polar surface area (TPSA) is 44.4 Å². The lowest BCUT2D eigenvalue weighted by Crippen LogP contribution is -2.41. The average Bonchev–Trinajstić information content (AvgIpc) is 2.51. The standard InChI is InChI=1S/C8H17N3O/c1-11(2)8(12)10-6-7-4-3-5-9-7/h7,9H,3-6H2,1-2H3,(H,10,12). The molecule has 1 heterocycles. The van der Waals surface area contributed by atoms with Crippen LogP contribution in [0.15, 0.2) is 0 Å². The first-order chi connectivity index (χ1) is 5.70. The van der Waals surface area contributed by atoms with Gasteiger partial charge in [-0.1, -0.05) is 0 Å². The second-order valence-corrected chi connectivity index (χ2v) is 3.37. The summed E-state index contributed by atoms with van der Waals surface area (Å²) >= 11 is 0. The van der Waals surface area contributed by atoms with Gasteiger partial charge in [-0.3, -0.25) is 0 Å². The number of nitrogens with zero attached hydrogens (tertiary/aromatic N) is 1. The van der Waals surface area contributed by atoms with Gasteiger partial charge in [0, 0.05) is 26.7 Å². The van der Waals surface area contributed by atoms with E-state index < -0.39 is 0 Å². The van der Waals surface area contributed by atoms with Gasteiger partial charge in [0.1, 0.15) is 0 Å². The van der Waals surface area contributed by atoms with Crippen molar-refractivity contribution in [3.05, 3.63) is 0 Å². The van der Waals surface area contributed by atoms with Crippen LogP contribution in [0.2, 0.25) is 0 Å². The van der Waals surface area contributed by atoms with E-state index in [2.05, 4.69) is 10.6 Å². The van der Waals surface area contributed by atoms with E-state index >= 15 is 0 Å². The van der Waals surface area contributed by atoms with E-state index in [0.717, 1.165) is 13.1 Å². The molecule has 0 bridgehead atoms. The van der Waals surface area contributed by atoms with Crippen molar-refractivity contribution in [3.8, 4) is 0 Å². The van der Waals surface area contributed by atoms with Crippen LogP contribution in [-0.2, 0) is 0 Å². The molecule has 2 amide bonds. The van der Waals surface area contributed by atoms with Crippen molar-refractivity contribution >= 4 is 6.03 Å². The van der Waals surface area contributed by atoms with Gasteiger partial charge in [0.25, 0.3) is 0 Å². The van der Waals surface area contributed by atoms with Crippen molar-refractivity contribution in [2.24, 2.45) is 0 Å². The second-order valence-electron chi connectivity index (χ2n) is 3.37. The second kappa shape index (κ2) is 4.30. The van der Waals surface area contributed by atoms with Crippen LogP contribution in [0, 0.1) is 0 Å². The number of rotatable bonds is 2. The van der Waals surface area contributed by atoms with Gasteiger partial charge in [0.05, 0.1) is 0 Å². The minimum atomic E-state index is -0.0105. The summed E-state index contributed by atoms with van der Waals surface area (Å²) in [5.41, 5.74) is 0. The van der Waals surface area contributed by atoms with Gasteiger partial charge >= 0.3 is 6.03 Å². The summed E-state index contributed by atoms with van der Waals surface area (Å²) < 4.78 is 0. The normalized spacial score (nSPS) is 22.3. The van der Waals surface area contributed by atoms with Crippen molar-refractivity contribution in [2.75, 3.05) is 27.2 Å². The third-order valence-corrected chi connectivity index (χ3v) is 2.07. The molecule has 1 aliphatic heterocycles. The van der Waals surface area contributed by atoms with E-state index in [1.54, 1.807) is 19.0 Å². The molecule has 0 aliphatic carbocycles. The van der Waals surface area contributed by atoms with Gasteiger partial charge < -0.3 is 15.5 Å². The van der Waals surface area contributed by atoms with E-state index in [-0.39, 0.29) is 6.03 Å². The van der Waals surface area contributed by atoms with Crippen LogP contribution in [0.5, 0.6) is 0 Å². The Hall–Kier alpha value is -0.770. The summed E-state index contributed by atoms with van der Waals surface area (Å²) in [7, 11) is 3.49. The monoisotopic (exact) mass is 171 g/mol. The van der Waals surface area contributed by atoms with Crippen LogP contribution in [0.3, 0.4) is 0 Å². The minimum Gasteiger partial charge on any atom is -0.336 e. The predicted molar refractivity (Wildman–Crippen MR) is 48.1 cm³/mol. The lowest BCUT2D eigenvalue weighted by atomic mass is 10.2. The molecule has 70 valence electrons. The first-order valence-electron chi connectivity index (χ1n) is 4.38. The fourth-order valence-corrected chi connectivity index (χ4v) is 1.30. The average molecular weight is 171 g/mol. The summed E-state index contributed by atoms with van der Waals surface area (Å²) in [6.07, 6.45) is 2.40.